The van der Waals surface area contributed by atoms with Gasteiger partial charge in [-0.1, -0.05) is 24.3 Å². The standard InChI is InChI=1S/C15H16FN3O/c16-13-3-1-2-12(8-13)10-18-9-11-4-6-14(7-5-11)19-15(17)20/h1-8,18H,9-10H2,(H3,17,19,20). The predicted octanol–water partition coefficient (Wildman–Crippen LogP) is 2.61. The SMILES string of the molecule is NC(=O)Nc1ccc(CNCc2cccc(F)c2)cc1. The van der Waals surface area contributed by atoms with E-state index in [1.165, 1.54) is 12.1 Å². The van der Waals surface area contributed by atoms with Crippen molar-refractivity contribution in [1.82, 2.24) is 5.32 Å². The zero-order valence-corrected chi connectivity index (χ0v) is 10.9. The third-order valence-corrected chi connectivity index (χ3v) is 2.77. The van der Waals surface area contributed by atoms with Crippen LogP contribution in [0.4, 0.5) is 14.9 Å². The highest BCUT2D eigenvalue weighted by atomic mass is 19.1. The van der Waals surface area contributed by atoms with E-state index in [1.807, 2.05) is 18.2 Å². The highest BCUT2D eigenvalue weighted by molar-refractivity contribution is 5.87. The second-order valence-electron chi connectivity index (χ2n) is 4.42. The molecule has 0 unspecified atom stereocenters. The number of halogens is 1. The average molecular weight is 273 g/mol. The van der Waals surface area contributed by atoms with Crippen molar-refractivity contribution in [3.05, 3.63) is 65.5 Å². The van der Waals surface area contributed by atoms with Gasteiger partial charge in [-0.2, -0.15) is 0 Å². The number of urea groups is 1. The van der Waals surface area contributed by atoms with E-state index in [9.17, 15) is 9.18 Å². The van der Waals surface area contributed by atoms with E-state index in [0.29, 0.717) is 18.8 Å². The lowest BCUT2D eigenvalue weighted by Gasteiger charge is -2.07. The molecule has 2 aromatic carbocycles. The minimum Gasteiger partial charge on any atom is -0.351 e. The molecule has 0 spiro atoms. The first-order valence-electron chi connectivity index (χ1n) is 6.24. The van der Waals surface area contributed by atoms with Gasteiger partial charge >= 0.3 is 6.03 Å². The Hall–Kier alpha value is -2.40. The van der Waals surface area contributed by atoms with E-state index in [0.717, 1.165) is 11.1 Å². The molecule has 0 aliphatic rings. The topological polar surface area (TPSA) is 67.2 Å². The Bertz CT molecular complexity index is 584. The van der Waals surface area contributed by atoms with Gasteiger partial charge in [0.15, 0.2) is 0 Å². The fraction of sp³-hybridized carbons (Fsp3) is 0.133. The van der Waals surface area contributed by atoms with Gasteiger partial charge in [-0.05, 0) is 35.4 Å². The van der Waals surface area contributed by atoms with Gasteiger partial charge in [0.25, 0.3) is 0 Å². The van der Waals surface area contributed by atoms with Gasteiger partial charge in [0.05, 0.1) is 0 Å². The number of amides is 2. The Balaban J connectivity index is 1.83. The molecule has 0 aliphatic heterocycles. The van der Waals surface area contributed by atoms with Gasteiger partial charge in [0, 0.05) is 18.8 Å². The van der Waals surface area contributed by atoms with Crippen LogP contribution in [0.3, 0.4) is 0 Å². The largest absolute Gasteiger partial charge is 0.351 e. The summed E-state index contributed by atoms with van der Waals surface area (Å²) in [4.78, 5) is 10.7. The second kappa shape index (κ2) is 6.68. The molecule has 2 rings (SSSR count). The smallest absolute Gasteiger partial charge is 0.316 e. The van der Waals surface area contributed by atoms with E-state index in [2.05, 4.69) is 10.6 Å². The zero-order chi connectivity index (χ0) is 14.4. The number of hydrogen-bond acceptors (Lipinski definition) is 2. The van der Waals surface area contributed by atoms with E-state index in [1.54, 1.807) is 18.2 Å². The highest BCUT2D eigenvalue weighted by Crippen LogP contribution is 2.09. The number of anilines is 1. The fourth-order valence-electron chi connectivity index (χ4n) is 1.85. The second-order valence-corrected chi connectivity index (χ2v) is 4.42. The Morgan fingerprint density at radius 3 is 2.40 bits per heavy atom. The first-order valence-corrected chi connectivity index (χ1v) is 6.24. The van der Waals surface area contributed by atoms with Crippen molar-refractivity contribution in [3.8, 4) is 0 Å². The van der Waals surface area contributed by atoms with Crippen LogP contribution in [-0.2, 0) is 13.1 Å². The maximum Gasteiger partial charge on any atom is 0.316 e. The highest BCUT2D eigenvalue weighted by Gasteiger charge is 1.98. The van der Waals surface area contributed by atoms with Gasteiger partial charge in [-0.25, -0.2) is 9.18 Å². The van der Waals surface area contributed by atoms with Gasteiger partial charge < -0.3 is 16.4 Å². The minimum atomic E-state index is -0.582. The molecule has 4 nitrogen and oxygen atoms in total. The van der Waals surface area contributed by atoms with Crippen LogP contribution >= 0.6 is 0 Å². The van der Waals surface area contributed by atoms with Crippen LogP contribution < -0.4 is 16.4 Å². The van der Waals surface area contributed by atoms with E-state index in [4.69, 9.17) is 5.73 Å². The number of carbonyl (C=O) groups is 1. The first-order chi connectivity index (χ1) is 9.63. The molecule has 0 radical (unpaired) electrons. The van der Waals surface area contributed by atoms with Crippen molar-refractivity contribution in [2.75, 3.05) is 5.32 Å². The third kappa shape index (κ3) is 4.37. The molecule has 20 heavy (non-hydrogen) atoms. The quantitative estimate of drug-likeness (QED) is 0.784. The summed E-state index contributed by atoms with van der Waals surface area (Å²) in [5, 5.41) is 5.72. The Labute approximate surface area is 116 Å². The van der Waals surface area contributed by atoms with Crippen LogP contribution in [0, 0.1) is 5.82 Å². The number of benzene rings is 2. The fourth-order valence-corrected chi connectivity index (χ4v) is 1.85. The maximum absolute atomic E-state index is 13.0. The molecule has 0 aliphatic carbocycles. The molecule has 4 N–H and O–H groups in total. The summed E-state index contributed by atoms with van der Waals surface area (Å²) in [7, 11) is 0. The first kappa shape index (κ1) is 14.0. The normalized spacial score (nSPS) is 10.2. The van der Waals surface area contributed by atoms with Crippen molar-refractivity contribution in [3.63, 3.8) is 0 Å². The lowest BCUT2D eigenvalue weighted by molar-refractivity contribution is 0.259. The molecule has 0 atom stereocenters. The van der Waals surface area contributed by atoms with Gasteiger partial charge in [-0.3, -0.25) is 0 Å². The van der Waals surface area contributed by atoms with Crippen molar-refractivity contribution in [2.24, 2.45) is 5.73 Å². The number of carbonyl (C=O) groups excluding carboxylic acids is 1. The summed E-state index contributed by atoms with van der Waals surface area (Å²) < 4.78 is 13.0. The lowest BCUT2D eigenvalue weighted by atomic mass is 10.2. The molecule has 5 heteroatoms. The van der Waals surface area contributed by atoms with Crippen LogP contribution in [0.1, 0.15) is 11.1 Å². The molecule has 0 saturated heterocycles. The zero-order valence-electron chi connectivity index (χ0n) is 10.9. The molecule has 0 heterocycles. The monoisotopic (exact) mass is 273 g/mol. The molecule has 0 saturated carbocycles. The predicted molar refractivity (Wildman–Crippen MR) is 76.6 cm³/mol. The Morgan fingerprint density at radius 2 is 1.75 bits per heavy atom. The van der Waals surface area contributed by atoms with Crippen molar-refractivity contribution < 1.29 is 9.18 Å². The number of nitrogens with two attached hydrogens (primary N) is 1. The van der Waals surface area contributed by atoms with Crippen molar-refractivity contribution >= 4 is 11.7 Å². The molecule has 0 bridgehead atoms. The molecule has 0 fully saturated rings. The summed E-state index contributed by atoms with van der Waals surface area (Å²) in [5.74, 6) is -0.230. The van der Waals surface area contributed by atoms with Gasteiger partial charge in [0.2, 0.25) is 0 Å². The maximum atomic E-state index is 13.0. The molecule has 2 aromatic rings. The number of hydrogen-bond donors (Lipinski definition) is 3. The van der Waals surface area contributed by atoms with Crippen LogP contribution in [0.25, 0.3) is 0 Å². The molecule has 2 amide bonds. The summed E-state index contributed by atoms with van der Waals surface area (Å²) in [6.07, 6.45) is 0. The van der Waals surface area contributed by atoms with E-state index >= 15 is 0 Å². The van der Waals surface area contributed by atoms with Gasteiger partial charge in [-0.15, -0.1) is 0 Å². The average Bonchev–Trinajstić information content (AvgIpc) is 2.40. The van der Waals surface area contributed by atoms with Crippen molar-refractivity contribution in [2.45, 2.75) is 13.1 Å². The Morgan fingerprint density at radius 1 is 1.05 bits per heavy atom. The molecular formula is C15H16FN3O. The van der Waals surface area contributed by atoms with Crippen LogP contribution in [0.5, 0.6) is 0 Å². The van der Waals surface area contributed by atoms with E-state index in [-0.39, 0.29) is 5.82 Å². The number of rotatable bonds is 5. The molecule has 104 valence electrons. The summed E-state index contributed by atoms with van der Waals surface area (Å²) >= 11 is 0. The molecular weight excluding hydrogens is 257 g/mol. The van der Waals surface area contributed by atoms with E-state index < -0.39 is 6.03 Å². The molecule has 0 aromatic heterocycles. The summed E-state index contributed by atoms with van der Waals surface area (Å²) in [6.45, 7) is 1.26. The van der Waals surface area contributed by atoms with Crippen LogP contribution in [0.2, 0.25) is 0 Å². The van der Waals surface area contributed by atoms with Crippen molar-refractivity contribution in [1.29, 1.82) is 0 Å². The minimum absolute atomic E-state index is 0.230. The lowest BCUT2D eigenvalue weighted by Crippen LogP contribution is -2.19. The van der Waals surface area contributed by atoms with Gasteiger partial charge in [0.1, 0.15) is 5.82 Å². The summed E-state index contributed by atoms with van der Waals surface area (Å²) in [5.41, 5.74) is 7.65. The number of nitrogens with one attached hydrogen (secondary N) is 2. The third-order valence-electron chi connectivity index (χ3n) is 2.77. The Kier molecular flexibility index (Phi) is 4.68. The van der Waals surface area contributed by atoms with Crippen LogP contribution in [0.15, 0.2) is 48.5 Å². The summed E-state index contributed by atoms with van der Waals surface area (Å²) in [6, 6.07) is 13.3. The number of primary amides is 1. The van der Waals surface area contributed by atoms with Crippen LogP contribution in [-0.4, -0.2) is 6.03 Å².